The number of amidine groups is 1. The van der Waals surface area contributed by atoms with Gasteiger partial charge in [0.05, 0.1) is 17.7 Å². The summed E-state index contributed by atoms with van der Waals surface area (Å²) in [7, 11) is 0. The first kappa shape index (κ1) is 21.5. The summed E-state index contributed by atoms with van der Waals surface area (Å²) < 4.78 is 18.6. The summed E-state index contributed by atoms with van der Waals surface area (Å²) in [5, 5.41) is 0.601. The van der Waals surface area contributed by atoms with E-state index in [1.807, 2.05) is 24.4 Å². The van der Waals surface area contributed by atoms with Gasteiger partial charge in [-0.2, -0.15) is 0 Å². The van der Waals surface area contributed by atoms with Crippen molar-refractivity contribution in [1.82, 2.24) is 4.98 Å². The van der Waals surface area contributed by atoms with E-state index in [2.05, 4.69) is 31.8 Å². The Morgan fingerprint density at radius 3 is 2.75 bits per heavy atom. The Morgan fingerprint density at radius 2 is 2.03 bits per heavy atom. The van der Waals surface area contributed by atoms with Crippen LogP contribution in [-0.4, -0.2) is 36.4 Å². The highest BCUT2D eigenvalue weighted by molar-refractivity contribution is 6.30. The van der Waals surface area contributed by atoms with Crippen molar-refractivity contribution in [3.8, 4) is 16.9 Å². The predicted molar refractivity (Wildman–Crippen MR) is 125 cm³/mol. The first-order chi connectivity index (χ1) is 15.2. The van der Waals surface area contributed by atoms with Crippen LogP contribution in [-0.2, 0) is 15.0 Å². The van der Waals surface area contributed by atoms with Crippen LogP contribution in [0, 0.1) is 11.3 Å². The first-order valence-electron chi connectivity index (χ1n) is 11.3. The fourth-order valence-corrected chi connectivity index (χ4v) is 5.30. The van der Waals surface area contributed by atoms with E-state index in [0.717, 1.165) is 48.3 Å². The van der Waals surface area contributed by atoms with E-state index in [1.54, 1.807) is 6.20 Å². The summed E-state index contributed by atoms with van der Waals surface area (Å²) in [6.07, 6.45) is 6.46. The van der Waals surface area contributed by atoms with Crippen LogP contribution < -0.4 is 10.5 Å². The van der Waals surface area contributed by atoms with E-state index in [-0.39, 0.29) is 29.6 Å². The average Bonchev–Trinajstić information content (AvgIpc) is 3.14. The topological polar surface area (TPSA) is 79.0 Å². The van der Waals surface area contributed by atoms with Crippen molar-refractivity contribution in [3.63, 3.8) is 0 Å². The van der Waals surface area contributed by atoms with Crippen LogP contribution in [0.1, 0.15) is 45.6 Å². The highest BCUT2D eigenvalue weighted by atomic mass is 35.5. The van der Waals surface area contributed by atoms with E-state index in [0.29, 0.717) is 11.6 Å². The predicted octanol–water partition coefficient (Wildman–Crippen LogP) is 4.93. The zero-order valence-corrected chi connectivity index (χ0v) is 19.6. The van der Waals surface area contributed by atoms with Gasteiger partial charge in [-0.25, -0.2) is 4.99 Å². The van der Waals surface area contributed by atoms with E-state index in [9.17, 15) is 0 Å². The Bertz CT molecular complexity index is 1050. The van der Waals surface area contributed by atoms with Gasteiger partial charge < -0.3 is 19.9 Å². The quantitative estimate of drug-likeness (QED) is 0.709. The summed E-state index contributed by atoms with van der Waals surface area (Å²) in [6.45, 7) is 7.74. The molecule has 0 amide bonds. The Kier molecular flexibility index (Phi) is 5.33. The van der Waals surface area contributed by atoms with Crippen molar-refractivity contribution in [2.75, 3.05) is 13.2 Å². The molecule has 32 heavy (non-hydrogen) atoms. The molecule has 3 aliphatic rings. The normalized spacial score (nSPS) is 29.0. The second-order valence-electron chi connectivity index (χ2n) is 10.3. The van der Waals surface area contributed by atoms with Crippen LogP contribution in [0.4, 0.5) is 0 Å². The van der Waals surface area contributed by atoms with Crippen LogP contribution in [0.15, 0.2) is 41.7 Å². The minimum Gasteiger partial charge on any atom is -0.490 e. The van der Waals surface area contributed by atoms with Crippen LogP contribution in [0.2, 0.25) is 5.02 Å². The molecule has 4 atom stereocenters. The third-order valence-electron chi connectivity index (χ3n) is 6.62. The molecule has 1 aromatic carbocycles. The van der Waals surface area contributed by atoms with E-state index in [4.69, 9.17) is 36.5 Å². The van der Waals surface area contributed by atoms with E-state index >= 15 is 0 Å². The van der Waals surface area contributed by atoms with Crippen molar-refractivity contribution in [1.29, 1.82) is 0 Å². The van der Waals surface area contributed by atoms with Gasteiger partial charge in [0.25, 0.3) is 6.02 Å². The van der Waals surface area contributed by atoms with Crippen molar-refractivity contribution >= 4 is 17.6 Å². The molecule has 6 nitrogen and oxygen atoms in total. The zero-order valence-electron chi connectivity index (χ0n) is 18.8. The highest BCUT2D eigenvalue weighted by Crippen LogP contribution is 2.53. The molecular weight excluding hydrogens is 426 g/mol. The number of hydrogen-bond donors (Lipinski definition) is 1. The van der Waals surface area contributed by atoms with Crippen LogP contribution in [0.25, 0.3) is 11.1 Å². The number of fused-ring (bicyclic) bond motifs is 4. The van der Waals surface area contributed by atoms with Crippen molar-refractivity contribution in [2.24, 2.45) is 22.1 Å². The Morgan fingerprint density at radius 1 is 1.19 bits per heavy atom. The van der Waals surface area contributed by atoms with E-state index in [1.165, 1.54) is 0 Å². The van der Waals surface area contributed by atoms with Crippen LogP contribution >= 0.6 is 11.6 Å². The Labute approximate surface area is 194 Å². The standard InChI is InChI=1S/C25H30ClN3O3/c1-24(2,3)13-30-18-5-7-22-20(10-18)25(14-31-23(27)29-25)19-9-15(4-6-21(19)32-22)16-8-17(26)12-28-11-16/h4,6,8-9,11-12,18,20,22H,5,7,10,13-14H2,1-3H3,(H2,27,29)/t18-,20+,22?,25+/m1/s1. The lowest BCUT2D eigenvalue weighted by atomic mass is 9.67. The molecule has 0 saturated heterocycles. The maximum atomic E-state index is 6.50. The van der Waals surface area contributed by atoms with Gasteiger partial charge in [0.15, 0.2) is 0 Å². The lowest BCUT2D eigenvalue weighted by molar-refractivity contribution is -0.0757. The second-order valence-corrected chi connectivity index (χ2v) is 10.8. The number of nitrogens with two attached hydrogens (primary N) is 1. The maximum Gasteiger partial charge on any atom is 0.283 e. The number of nitrogens with zero attached hydrogens (tertiary/aromatic N) is 2. The number of halogens is 1. The summed E-state index contributed by atoms with van der Waals surface area (Å²) >= 11 is 6.19. The number of aliphatic imine (C=N–C) groups is 1. The highest BCUT2D eigenvalue weighted by Gasteiger charge is 2.55. The third kappa shape index (κ3) is 3.95. The molecule has 1 saturated carbocycles. The van der Waals surface area contributed by atoms with Crippen molar-refractivity contribution in [3.05, 3.63) is 47.2 Å². The molecule has 2 aromatic rings. The monoisotopic (exact) mass is 455 g/mol. The average molecular weight is 456 g/mol. The molecule has 1 fully saturated rings. The molecule has 5 rings (SSSR count). The van der Waals surface area contributed by atoms with Gasteiger partial charge in [0.2, 0.25) is 0 Å². The van der Waals surface area contributed by atoms with Crippen LogP contribution in [0.3, 0.4) is 0 Å². The number of benzene rings is 1. The molecular formula is C25H30ClN3O3. The SMILES string of the molecule is CC(C)(C)CO[C@@H]1CCC2Oc3ccc(-c4cncc(Cl)c4)cc3[C@@]3(COC(N)=N3)[C@H]2C1. The summed E-state index contributed by atoms with van der Waals surface area (Å²) in [5.41, 5.74) is 8.59. The molecule has 1 aliphatic carbocycles. The lowest BCUT2D eigenvalue weighted by Gasteiger charge is -2.48. The number of aromatic nitrogens is 1. The fourth-order valence-electron chi connectivity index (χ4n) is 5.12. The maximum absolute atomic E-state index is 6.50. The minimum atomic E-state index is -0.575. The minimum absolute atomic E-state index is 0.0638. The van der Waals surface area contributed by atoms with Gasteiger partial charge in [-0.3, -0.25) is 4.98 Å². The van der Waals surface area contributed by atoms with Crippen LogP contribution in [0.5, 0.6) is 5.75 Å². The molecule has 2 aliphatic heterocycles. The van der Waals surface area contributed by atoms with Gasteiger partial charge in [0.1, 0.15) is 24.0 Å². The molecule has 0 bridgehead atoms. The molecule has 1 spiro atoms. The number of pyridine rings is 1. The zero-order chi connectivity index (χ0) is 22.5. The molecule has 3 heterocycles. The third-order valence-corrected chi connectivity index (χ3v) is 6.82. The number of hydrogen-bond acceptors (Lipinski definition) is 6. The van der Waals surface area contributed by atoms with Gasteiger partial charge in [-0.1, -0.05) is 38.4 Å². The fraction of sp³-hybridized carbons (Fsp3) is 0.520. The second kappa shape index (κ2) is 7.92. The van der Waals surface area contributed by atoms with Crippen molar-refractivity contribution in [2.45, 2.75) is 57.8 Å². The lowest BCUT2D eigenvalue weighted by Crippen LogP contribution is -2.52. The Balaban J connectivity index is 1.52. The van der Waals surface area contributed by atoms with Gasteiger partial charge in [-0.15, -0.1) is 0 Å². The van der Waals surface area contributed by atoms with Gasteiger partial charge >= 0.3 is 0 Å². The molecule has 1 aromatic heterocycles. The number of ether oxygens (including phenoxy) is 3. The van der Waals surface area contributed by atoms with E-state index < -0.39 is 5.54 Å². The molecule has 170 valence electrons. The molecule has 2 N–H and O–H groups in total. The summed E-state index contributed by atoms with van der Waals surface area (Å²) in [5.74, 6) is 0.976. The summed E-state index contributed by atoms with van der Waals surface area (Å²) in [6, 6.07) is 8.35. The summed E-state index contributed by atoms with van der Waals surface area (Å²) in [4.78, 5) is 9.13. The largest absolute Gasteiger partial charge is 0.490 e. The van der Waals surface area contributed by atoms with Gasteiger partial charge in [-0.05, 0) is 48.4 Å². The number of rotatable bonds is 3. The molecule has 1 unspecified atom stereocenters. The molecule has 7 heteroatoms. The van der Waals surface area contributed by atoms with Gasteiger partial charge in [0, 0.05) is 29.4 Å². The first-order valence-corrected chi connectivity index (χ1v) is 11.6. The molecule has 0 radical (unpaired) electrons. The van der Waals surface area contributed by atoms with Crippen molar-refractivity contribution < 1.29 is 14.2 Å². The Hall–Kier alpha value is -2.31. The smallest absolute Gasteiger partial charge is 0.283 e.